The zero-order valence-electron chi connectivity index (χ0n) is 12.6. The molecule has 21 heavy (non-hydrogen) atoms. The van der Waals surface area contributed by atoms with Gasteiger partial charge in [0, 0.05) is 6.04 Å². The van der Waals surface area contributed by atoms with Crippen molar-refractivity contribution in [3.05, 3.63) is 28.8 Å². The number of benzene rings is 1. The number of anilines is 1. The van der Waals surface area contributed by atoms with Gasteiger partial charge in [0.2, 0.25) is 5.91 Å². The SMILES string of the molecule is Cc1cccc(Cl)c1NC(=O)CN1CCCCC1C(C)O. The van der Waals surface area contributed by atoms with Crippen LogP contribution in [0.1, 0.15) is 31.7 Å². The lowest BCUT2D eigenvalue weighted by atomic mass is 9.98. The molecule has 0 aromatic heterocycles. The summed E-state index contributed by atoms with van der Waals surface area (Å²) in [6, 6.07) is 5.61. The summed E-state index contributed by atoms with van der Waals surface area (Å²) in [7, 11) is 0. The van der Waals surface area contributed by atoms with Crippen molar-refractivity contribution in [2.75, 3.05) is 18.4 Å². The Kier molecular flexibility index (Phi) is 5.62. The Labute approximate surface area is 131 Å². The van der Waals surface area contributed by atoms with Gasteiger partial charge in [0.15, 0.2) is 0 Å². The summed E-state index contributed by atoms with van der Waals surface area (Å²) in [5.74, 6) is -0.0845. The molecule has 1 aromatic rings. The van der Waals surface area contributed by atoms with Gasteiger partial charge in [-0.25, -0.2) is 0 Å². The van der Waals surface area contributed by atoms with E-state index in [1.54, 1.807) is 13.0 Å². The third-order valence-corrected chi connectivity index (χ3v) is 4.37. The Morgan fingerprint density at radius 3 is 2.95 bits per heavy atom. The average Bonchev–Trinajstić information content (AvgIpc) is 2.43. The highest BCUT2D eigenvalue weighted by atomic mass is 35.5. The Balaban J connectivity index is 2.01. The molecule has 0 spiro atoms. The summed E-state index contributed by atoms with van der Waals surface area (Å²) >= 11 is 6.13. The molecule has 4 nitrogen and oxygen atoms in total. The van der Waals surface area contributed by atoms with E-state index in [2.05, 4.69) is 10.2 Å². The van der Waals surface area contributed by atoms with Crippen LogP contribution in [-0.4, -0.2) is 41.1 Å². The lowest BCUT2D eigenvalue weighted by Crippen LogP contribution is -2.48. The molecule has 0 bridgehead atoms. The van der Waals surface area contributed by atoms with Gasteiger partial charge in [0.05, 0.1) is 23.4 Å². The third kappa shape index (κ3) is 4.19. The van der Waals surface area contributed by atoms with Gasteiger partial charge in [-0.05, 0) is 44.9 Å². The van der Waals surface area contributed by atoms with Crippen LogP contribution >= 0.6 is 11.6 Å². The highest BCUT2D eigenvalue weighted by molar-refractivity contribution is 6.33. The number of halogens is 1. The van der Waals surface area contributed by atoms with Gasteiger partial charge < -0.3 is 10.4 Å². The number of likely N-dealkylation sites (tertiary alicyclic amines) is 1. The fourth-order valence-electron chi connectivity index (χ4n) is 2.91. The highest BCUT2D eigenvalue weighted by Crippen LogP contribution is 2.25. The summed E-state index contributed by atoms with van der Waals surface area (Å²) in [5.41, 5.74) is 1.62. The molecule has 0 aliphatic carbocycles. The Bertz CT molecular complexity index is 485. The number of aliphatic hydroxyl groups is 1. The number of aryl methyl sites for hydroxylation is 1. The highest BCUT2D eigenvalue weighted by Gasteiger charge is 2.27. The van der Waals surface area contributed by atoms with Crippen LogP contribution < -0.4 is 5.32 Å². The first-order valence-corrected chi connectivity index (χ1v) is 7.84. The molecule has 0 saturated carbocycles. The van der Waals surface area contributed by atoms with Crippen molar-refractivity contribution in [3.63, 3.8) is 0 Å². The van der Waals surface area contributed by atoms with E-state index in [0.29, 0.717) is 17.3 Å². The number of nitrogens with one attached hydrogen (secondary N) is 1. The van der Waals surface area contributed by atoms with Crippen LogP contribution in [0.15, 0.2) is 18.2 Å². The minimum Gasteiger partial charge on any atom is -0.392 e. The van der Waals surface area contributed by atoms with Crippen molar-refractivity contribution >= 4 is 23.2 Å². The molecule has 2 unspecified atom stereocenters. The molecule has 2 rings (SSSR count). The standard InChI is InChI=1S/C16H23ClN2O2/c1-11-6-5-7-13(17)16(11)18-15(21)10-19-9-4-3-8-14(19)12(2)20/h5-7,12,14,20H,3-4,8-10H2,1-2H3,(H,18,21). The lowest BCUT2D eigenvalue weighted by molar-refractivity contribution is -0.118. The minimum absolute atomic E-state index is 0.0665. The van der Waals surface area contributed by atoms with Crippen molar-refractivity contribution in [3.8, 4) is 0 Å². The summed E-state index contributed by atoms with van der Waals surface area (Å²) < 4.78 is 0. The van der Waals surface area contributed by atoms with Gasteiger partial charge in [0.25, 0.3) is 0 Å². The zero-order chi connectivity index (χ0) is 15.4. The fourth-order valence-corrected chi connectivity index (χ4v) is 3.18. The predicted octanol–water partition coefficient (Wildman–Crippen LogP) is 2.82. The number of aliphatic hydroxyl groups excluding tert-OH is 1. The topological polar surface area (TPSA) is 52.6 Å². The zero-order valence-corrected chi connectivity index (χ0v) is 13.4. The molecule has 1 aliphatic heterocycles. The number of hydrogen-bond donors (Lipinski definition) is 2. The minimum atomic E-state index is -0.417. The van der Waals surface area contributed by atoms with Crippen LogP contribution in [0, 0.1) is 6.92 Å². The summed E-state index contributed by atoms with van der Waals surface area (Å²) in [6.45, 7) is 4.85. The summed E-state index contributed by atoms with van der Waals surface area (Å²) in [4.78, 5) is 14.3. The molecule has 2 N–H and O–H groups in total. The second kappa shape index (κ2) is 7.25. The van der Waals surface area contributed by atoms with Crippen LogP contribution in [-0.2, 0) is 4.79 Å². The van der Waals surface area contributed by atoms with Gasteiger partial charge in [-0.1, -0.05) is 30.2 Å². The van der Waals surface area contributed by atoms with E-state index in [1.165, 1.54) is 0 Å². The molecule has 116 valence electrons. The van der Waals surface area contributed by atoms with Crippen molar-refractivity contribution in [2.45, 2.75) is 45.3 Å². The molecule has 1 aromatic carbocycles. The second-order valence-corrected chi connectivity index (χ2v) is 6.16. The second-order valence-electron chi connectivity index (χ2n) is 5.75. The van der Waals surface area contributed by atoms with Gasteiger partial charge in [-0.3, -0.25) is 9.69 Å². The first-order chi connectivity index (χ1) is 9.99. The molecule has 1 aliphatic rings. The number of rotatable bonds is 4. The van der Waals surface area contributed by atoms with E-state index in [9.17, 15) is 9.90 Å². The smallest absolute Gasteiger partial charge is 0.238 e. The van der Waals surface area contributed by atoms with Gasteiger partial charge in [-0.15, -0.1) is 0 Å². The van der Waals surface area contributed by atoms with E-state index >= 15 is 0 Å². The number of amides is 1. The maximum Gasteiger partial charge on any atom is 0.238 e. The van der Waals surface area contributed by atoms with E-state index in [1.807, 2.05) is 19.1 Å². The number of para-hydroxylation sites is 1. The molecule has 1 amide bonds. The summed E-state index contributed by atoms with van der Waals surface area (Å²) in [5, 5.41) is 13.3. The lowest BCUT2D eigenvalue weighted by Gasteiger charge is -2.36. The molecular formula is C16H23ClN2O2. The largest absolute Gasteiger partial charge is 0.392 e. The number of carbonyl (C=O) groups excluding carboxylic acids is 1. The Morgan fingerprint density at radius 2 is 2.29 bits per heavy atom. The molecular weight excluding hydrogens is 288 g/mol. The molecule has 1 saturated heterocycles. The Hall–Kier alpha value is -1.10. The number of piperidine rings is 1. The van der Waals surface area contributed by atoms with Gasteiger partial charge in [0.1, 0.15) is 0 Å². The van der Waals surface area contributed by atoms with Crippen molar-refractivity contribution in [1.82, 2.24) is 4.90 Å². The van der Waals surface area contributed by atoms with E-state index in [-0.39, 0.29) is 11.9 Å². The van der Waals surface area contributed by atoms with Crippen molar-refractivity contribution < 1.29 is 9.90 Å². The maximum atomic E-state index is 12.3. The summed E-state index contributed by atoms with van der Waals surface area (Å²) in [6.07, 6.45) is 2.70. The van der Waals surface area contributed by atoms with Crippen LogP contribution in [0.4, 0.5) is 5.69 Å². The van der Waals surface area contributed by atoms with Crippen molar-refractivity contribution in [2.24, 2.45) is 0 Å². The van der Waals surface area contributed by atoms with Gasteiger partial charge >= 0.3 is 0 Å². The molecule has 1 fully saturated rings. The van der Waals surface area contributed by atoms with Crippen LogP contribution in [0.5, 0.6) is 0 Å². The molecule has 5 heteroatoms. The number of nitrogens with zero attached hydrogens (tertiary/aromatic N) is 1. The van der Waals surface area contributed by atoms with E-state index in [4.69, 9.17) is 11.6 Å². The monoisotopic (exact) mass is 310 g/mol. The van der Waals surface area contributed by atoms with E-state index in [0.717, 1.165) is 31.4 Å². The normalized spacial score (nSPS) is 21.0. The molecule has 2 atom stereocenters. The van der Waals surface area contributed by atoms with Crippen LogP contribution in [0.25, 0.3) is 0 Å². The average molecular weight is 311 g/mol. The van der Waals surface area contributed by atoms with Gasteiger partial charge in [-0.2, -0.15) is 0 Å². The number of hydrogen-bond acceptors (Lipinski definition) is 3. The first kappa shape index (κ1) is 16.3. The van der Waals surface area contributed by atoms with E-state index < -0.39 is 6.10 Å². The maximum absolute atomic E-state index is 12.3. The molecule has 0 radical (unpaired) electrons. The third-order valence-electron chi connectivity index (χ3n) is 4.05. The molecule has 1 heterocycles. The van der Waals surface area contributed by atoms with Crippen LogP contribution in [0.2, 0.25) is 5.02 Å². The predicted molar refractivity (Wildman–Crippen MR) is 85.7 cm³/mol. The fraction of sp³-hybridized carbons (Fsp3) is 0.562. The van der Waals surface area contributed by atoms with Crippen molar-refractivity contribution in [1.29, 1.82) is 0 Å². The first-order valence-electron chi connectivity index (χ1n) is 7.46. The van der Waals surface area contributed by atoms with Crippen LogP contribution in [0.3, 0.4) is 0 Å². The number of carbonyl (C=O) groups is 1. The Morgan fingerprint density at radius 1 is 1.52 bits per heavy atom. The quantitative estimate of drug-likeness (QED) is 0.899.